The number of rotatable bonds is 26. The molecule has 2 heterocycles. The summed E-state index contributed by atoms with van der Waals surface area (Å²) in [5.74, 6) is 0.239. The molecule has 0 amide bonds. The number of fused-ring (bicyclic) bond motifs is 2. The number of esters is 2. The Morgan fingerprint density at radius 2 is 1.15 bits per heavy atom. The number of phenols is 1. The maximum absolute atomic E-state index is 12.9. The highest BCUT2D eigenvalue weighted by atomic mass is 32.2. The Kier molecular flexibility index (Phi) is 23.8. The Hall–Kier alpha value is -3.60. The molecule has 71 heavy (non-hydrogen) atoms. The molecular formula is C46H76N2O18P2S2Si. The maximum Gasteiger partial charge on any atom is 0.342 e. The van der Waals surface area contributed by atoms with Crippen molar-refractivity contribution in [1.29, 1.82) is 0 Å². The Morgan fingerprint density at radius 1 is 0.732 bits per heavy atom. The van der Waals surface area contributed by atoms with Gasteiger partial charge in [-0.15, -0.1) is 0 Å². The normalized spacial score (nSPS) is 14.4. The number of hydrogen-bond donors (Lipinski definition) is 3. The molecule has 3 N–H and O–H groups in total. The molecule has 0 saturated carbocycles. The topological polar surface area (TPSA) is 268 Å². The van der Waals surface area contributed by atoms with Crippen molar-refractivity contribution in [1.82, 2.24) is 8.61 Å². The lowest BCUT2D eigenvalue weighted by molar-refractivity contribution is 0.0523. The van der Waals surface area contributed by atoms with Crippen LogP contribution in [0.5, 0.6) is 23.0 Å². The van der Waals surface area contributed by atoms with Crippen LogP contribution in [-0.4, -0.2) is 145 Å². The molecule has 0 aromatic heterocycles. The molecule has 0 aliphatic carbocycles. The molecule has 0 bridgehead atoms. The molecule has 404 valence electrons. The summed E-state index contributed by atoms with van der Waals surface area (Å²) in [7, 11) is -13.4. The van der Waals surface area contributed by atoms with Gasteiger partial charge in [0.2, 0.25) is 20.0 Å². The molecule has 2 aliphatic rings. The van der Waals surface area contributed by atoms with Crippen LogP contribution in [0.2, 0.25) is 25.7 Å². The van der Waals surface area contributed by atoms with E-state index in [1.165, 1.54) is 11.4 Å². The van der Waals surface area contributed by atoms with E-state index in [4.69, 9.17) is 42.5 Å². The van der Waals surface area contributed by atoms with Crippen molar-refractivity contribution in [2.24, 2.45) is 0 Å². The largest absolute Gasteiger partial charge is 0.507 e. The molecular weight excluding hydrogens is 1020 g/mol. The van der Waals surface area contributed by atoms with Crippen molar-refractivity contribution < 1.29 is 83.2 Å². The first kappa shape index (κ1) is 63.5. The summed E-state index contributed by atoms with van der Waals surface area (Å²) in [5, 5.41) is 10.6. The highest BCUT2D eigenvalue weighted by molar-refractivity contribution is 7.88. The molecule has 4 rings (SSSR count). The predicted octanol–water partition coefficient (Wildman–Crippen LogP) is 7.35. The minimum absolute atomic E-state index is 0. The van der Waals surface area contributed by atoms with Crippen LogP contribution in [-0.2, 0) is 73.8 Å². The van der Waals surface area contributed by atoms with Gasteiger partial charge >= 0.3 is 27.1 Å². The van der Waals surface area contributed by atoms with Crippen LogP contribution in [0.1, 0.15) is 89.2 Å². The fourth-order valence-corrected chi connectivity index (χ4v) is 12.5. The van der Waals surface area contributed by atoms with E-state index in [1.807, 2.05) is 19.9 Å². The number of allylic oxidation sites excluding steroid dienone is 2. The second-order valence-electron chi connectivity index (χ2n) is 18.2. The SMILES string of the molecule is C.CCOP(=O)(CCN(C/C(C)=C/Cc1c(OC)c(C)c2c(c1OCC[Si](C)(C)C)C(=O)OC2)S(C)(=O)=O)OCC.COc1c(C)c2c(c(O)c1C/C=C(\C)CN(CCP(=O)(O)O)S(C)(=O)=O)C(=O)OC2. The van der Waals surface area contributed by atoms with Gasteiger partial charge in [-0.3, -0.25) is 9.13 Å². The van der Waals surface area contributed by atoms with Crippen LogP contribution in [0.4, 0.5) is 0 Å². The summed E-state index contributed by atoms with van der Waals surface area (Å²) in [6.07, 6.45) is 5.51. The Balaban J connectivity index is 0.000000499. The molecule has 0 spiro atoms. The average Bonchev–Trinajstić information content (AvgIpc) is 3.83. The average molecular weight is 1100 g/mol. The van der Waals surface area contributed by atoms with Crippen molar-refractivity contribution in [3.63, 3.8) is 0 Å². The third kappa shape index (κ3) is 18.1. The molecule has 2 aromatic rings. The molecule has 0 saturated heterocycles. The van der Waals surface area contributed by atoms with E-state index in [0.717, 1.165) is 45.1 Å². The quantitative estimate of drug-likeness (QED) is 0.0359. The fraction of sp³-hybridized carbons (Fsp3) is 0.609. The number of methoxy groups -OCH3 is 2. The number of carbonyl (C=O) groups is 2. The van der Waals surface area contributed by atoms with Crippen molar-refractivity contribution in [3.8, 4) is 23.0 Å². The first-order chi connectivity index (χ1) is 32.3. The predicted molar refractivity (Wildman–Crippen MR) is 276 cm³/mol. The molecule has 0 unspecified atom stereocenters. The van der Waals surface area contributed by atoms with Gasteiger partial charge in [-0.25, -0.2) is 26.4 Å². The number of phenolic OH excluding ortho intramolecular Hbond substituents is 1. The third-order valence-electron chi connectivity index (χ3n) is 11.4. The van der Waals surface area contributed by atoms with Gasteiger partial charge in [0.1, 0.15) is 47.3 Å². The van der Waals surface area contributed by atoms with Crippen LogP contribution >= 0.6 is 15.2 Å². The standard InChI is InChI=1S/C27H46NO9PSSi.C18H26NO9PS.CH4/c1-10-36-38(30,37-11-2)16-14-28(39(6,31)32)18-20(3)12-13-22-25(33-5)21(4)23-19-35-27(29)24(23)26(22)34-15-17-40(7,8)9;1-11(9-19(30(4,25)26)7-8-29(22,23)24)5-6-13-16(20)15-14(10-28-18(15)21)12(2)17(13)27-3;/h12H,10-11,13-19H2,1-9H3;5,20H,6-10H2,1-4H3,(H2,22,23,24);1H4/b20-12+;11-5+;. The van der Waals surface area contributed by atoms with E-state index in [9.17, 15) is 40.7 Å². The van der Waals surface area contributed by atoms with Gasteiger partial charge in [-0.05, 0) is 71.6 Å². The van der Waals surface area contributed by atoms with Gasteiger partial charge in [0.15, 0.2) is 0 Å². The van der Waals surface area contributed by atoms with E-state index in [-0.39, 0.29) is 83.9 Å². The first-order valence-corrected chi connectivity index (χ1v) is 33.5. The second kappa shape index (κ2) is 26.6. The lowest BCUT2D eigenvalue weighted by Crippen LogP contribution is -2.34. The number of benzene rings is 2. The van der Waals surface area contributed by atoms with E-state index < -0.39 is 61.4 Å². The summed E-state index contributed by atoms with van der Waals surface area (Å²) in [6, 6.07) is 0.915. The highest BCUT2D eigenvalue weighted by Crippen LogP contribution is 2.48. The van der Waals surface area contributed by atoms with E-state index in [1.54, 1.807) is 40.9 Å². The lowest BCUT2D eigenvalue weighted by atomic mass is 9.95. The fourth-order valence-electron chi connectivity index (χ4n) is 7.65. The number of nitrogens with zero attached hydrogens (tertiary/aromatic N) is 2. The van der Waals surface area contributed by atoms with Crippen LogP contribution in [0.25, 0.3) is 0 Å². The Bertz CT molecular complexity index is 2620. The molecule has 0 fully saturated rings. The smallest absolute Gasteiger partial charge is 0.342 e. The zero-order chi connectivity index (χ0) is 53.2. The summed E-state index contributed by atoms with van der Waals surface area (Å²) in [5.41, 5.74) is 5.83. The first-order valence-electron chi connectivity index (χ1n) is 22.6. The van der Waals surface area contributed by atoms with Crippen molar-refractivity contribution >= 4 is 55.3 Å². The van der Waals surface area contributed by atoms with Crippen molar-refractivity contribution in [3.05, 3.63) is 67.8 Å². The second-order valence-corrected chi connectivity index (χ2v) is 31.8. The van der Waals surface area contributed by atoms with E-state index in [2.05, 4.69) is 19.6 Å². The van der Waals surface area contributed by atoms with Crippen LogP contribution in [0.3, 0.4) is 0 Å². The summed E-state index contributed by atoms with van der Waals surface area (Å²) >= 11 is 0. The van der Waals surface area contributed by atoms with Crippen molar-refractivity contribution in [2.75, 3.05) is 85.1 Å². The van der Waals surface area contributed by atoms with E-state index >= 15 is 0 Å². The number of aromatic hydroxyl groups is 1. The number of carbonyl (C=O) groups excluding carboxylic acids is 2. The van der Waals surface area contributed by atoms with Gasteiger partial charge in [-0.1, -0.05) is 50.4 Å². The maximum atomic E-state index is 12.9. The zero-order valence-corrected chi connectivity index (χ0v) is 47.0. The minimum atomic E-state index is -4.35. The van der Waals surface area contributed by atoms with Gasteiger partial charge in [0, 0.05) is 56.5 Å². The Morgan fingerprint density at radius 3 is 1.58 bits per heavy atom. The number of sulfonamides is 2. The van der Waals surface area contributed by atoms with Crippen LogP contribution in [0.15, 0.2) is 23.3 Å². The minimum Gasteiger partial charge on any atom is -0.507 e. The third-order valence-corrected chi connectivity index (χ3v) is 18.4. The lowest BCUT2D eigenvalue weighted by Gasteiger charge is -2.24. The number of ether oxygens (including phenoxy) is 5. The highest BCUT2D eigenvalue weighted by Gasteiger charge is 2.35. The van der Waals surface area contributed by atoms with Crippen LogP contribution < -0.4 is 14.2 Å². The zero-order valence-electron chi connectivity index (χ0n) is 42.6. The van der Waals surface area contributed by atoms with Gasteiger partial charge in [-0.2, -0.15) is 8.61 Å². The summed E-state index contributed by atoms with van der Waals surface area (Å²) in [4.78, 5) is 42.7. The number of hydrogen-bond acceptors (Lipinski definition) is 16. The summed E-state index contributed by atoms with van der Waals surface area (Å²) < 4.78 is 114. The van der Waals surface area contributed by atoms with Crippen molar-refractivity contribution in [2.45, 2.75) is 101 Å². The van der Waals surface area contributed by atoms with Gasteiger partial charge in [0.05, 0.1) is 58.9 Å². The number of cyclic esters (lactones) is 2. The van der Waals surface area contributed by atoms with Gasteiger partial charge < -0.3 is 47.6 Å². The monoisotopic (exact) mass is 1100 g/mol. The molecule has 20 nitrogen and oxygen atoms in total. The van der Waals surface area contributed by atoms with Gasteiger partial charge in [0.25, 0.3) is 0 Å². The molecule has 0 radical (unpaired) electrons. The molecule has 0 atom stereocenters. The van der Waals surface area contributed by atoms with Crippen LogP contribution in [0, 0.1) is 13.8 Å². The Labute approximate surface area is 421 Å². The summed E-state index contributed by atoms with van der Waals surface area (Å²) in [6.45, 7) is 18.1. The molecule has 2 aromatic carbocycles. The van der Waals surface area contributed by atoms with E-state index in [0.29, 0.717) is 58.1 Å². The molecule has 2 aliphatic heterocycles. The molecule has 25 heteroatoms.